The van der Waals surface area contributed by atoms with Crippen LogP contribution in [0.4, 0.5) is 10.1 Å². The number of phenols is 1. The molecule has 2 saturated carbocycles. The van der Waals surface area contributed by atoms with Gasteiger partial charge in [-0.25, -0.2) is 4.39 Å². The Hall–Kier alpha value is -2.91. The number of aromatic amines is 1. The number of carbonyl (C=O) groups excluding carboxylic acids is 2. The van der Waals surface area contributed by atoms with Crippen LogP contribution < -0.4 is 9.77 Å². The minimum absolute atomic E-state index is 0.00296. The first kappa shape index (κ1) is 20.5. The van der Waals surface area contributed by atoms with E-state index in [1.165, 1.54) is 29.2 Å². The molecule has 2 amide bonds. The molecule has 2 bridgehead atoms. The number of aromatic hydroxyl groups is 1. The number of anilines is 1. The number of hydrogen-bond donors (Lipinski definition) is 2. The number of imide groups is 1. The Balaban J connectivity index is 1.34. The molecule has 1 aromatic heterocycles. The number of hydrogen-bond acceptors (Lipinski definition) is 6. The van der Waals surface area contributed by atoms with Gasteiger partial charge in [0.2, 0.25) is 11.8 Å². The van der Waals surface area contributed by atoms with Gasteiger partial charge in [0.1, 0.15) is 11.6 Å². The second-order valence-electron chi connectivity index (χ2n) is 9.51. The summed E-state index contributed by atoms with van der Waals surface area (Å²) in [7, 11) is 0. The smallest absolute Gasteiger partial charge is 0.305 e. The number of amides is 2. The number of phenolic OH excluding ortho intramolecular Hbond substituents is 1. The minimum Gasteiger partial charge on any atom is -0.508 e. The third-order valence-electron chi connectivity index (χ3n) is 8.08. The largest absolute Gasteiger partial charge is 0.508 e. The van der Waals surface area contributed by atoms with Crippen LogP contribution in [0.1, 0.15) is 22.8 Å². The number of rotatable bonds is 2. The summed E-state index contributed by atoms with van der Waals surface area (Å²) in [5, 5.41) is 11.6. The normalized spacial score (nSPS) is 33.2. The lowest BCUT2D eigenvalue weighted by Gasteiger charge is -2.43. The molecular formula is C25H19FN2O4S2. The van der Waals surface area contributed by atoms with Gasteiger partial charge in [-0.3, -0.25) is 19.3 Å². The van der Waals surface area contributed by atoms with Gasteiger partial charge in [-0.05, 0) is 54.5 Å². The van der Waals surface area contributed by atoms with Gasteiger partial charge < -0.3 is 10.1 Å². The van der Waals surface area contributed by atoms with Crippen molar-refractivity contribution in [3.8, 4) is 5.75 Å². The predicted octanol–water partition coefficient (Wildman–Crippen LogP) is 3.96. The zero-order valence-electron chi connectivity index (χ0n) is 17.7. The van der Waals surface area contributed by atoms with Crippen molar-refractivity contribution in [2.75, 3.05) is 4.90 Å². The number of para-hydroxylation sites is 1. The molecule has 4 aliphatic rings. The summed E-state index contributed by atoms with van der Waals surface area (Å²) in [6.07, 6.45) is 0.773. The number of nitrogens with zero attached hydrogens (tertiary/aromatic N) is 1. The van der Waals surface area contributed by atoms with Crippen molar-refractivity contribution in [3.05, 3.63) is 74.5 Å². The molecule has 3 aromatic rings. The van der Waals surface area contributed by atoms with Gasteiger partial charge in [0.25, 0.3) is 0 Å². The third-order valence-corrected chi connectivity index (χ3v) is 10.7. The molecule has 2 aliphatic carbocycles. The van der Waals surface area contributed by atoms with Crippen molar-refractivity contribution >= 4 is 40.6 Å². The Kier molecular flexibility index (Phi) is 4.24. The average molecular weight is 495 g/mol. The number of carbonyl (C=O) groups is 2. The number of nitrogens with one attached hydrogen (secondary N) is 1. The van der Waals surface area contributed by atoms with Crippen LogP contribution in [0.25, 0.3) is 0 Å². The van der Waals surface area contributed by atoms with E-state index in [2.05, 4.69) is 4.98 Å². The van der Waals surface area contributed by atoms with E-state index in [-0.39, 0.29) is 51.4 Å². The molecule has 1 saturated heterocycles. The Morgan fingerprint density at radius 2 is 1.68 bits per heavy atom. The molecule has 9 heteroatoms. The van der Waals surface area contributed by atoms with Gasteiger partial charge in [0.05, 0.1) is 22.5 Å². The van der Waals surface area contributed by atoms with E-state index < -0.39 is 17.7 Å². The van der Waals surface area contributed by atoms with Gasteiger partial charge in [-0.15, -0.1) is 11.8 Å². The van der Waals surface area contributed by atoms with Crippen molar-refractivity contribution in [1.82, 2.24) is 4.98 Å². The summed E-state index contributed by atoms with van der Waals surface area (Å²) in [5.74, 6) is -1.76. The van der Waals surface area contributed by atoms with Crippen LogP contribution in [-0.2, 0) is 9.59 Å². The van der Waals surface area contributed by atoms with Gasteiger partial charge in [0.15, 0.2) is 0 Å². The number of halogens is 1. The Labute approximate surface area is 201 Å². The number of thiazole rings is 1. The van der Waals surface area contributed by atoms with Gasteiger partial charge in [0, 0.05) is 21.6 Å². The molecule has 2 aliphatic heterocycles. The number of aromatic nitrogens is 1. The molecule has 3 heterocycles. The van der Waals surface area contributed by atoms with Crippen LogP contribution >= 0.6 is 23.1 Å². The minimum atomic E-state index is -0.435. The second kappa shape index (κ2) is 7.05. The summed E-state index contributed by atoms with van der Waals surface area (Å²) in [5.41, 5.74) is 1.16. The lowest BCUT2D eigenvalue weighted by molar-refractivity contribution is -0.123. The molecule has 2 N–H and O–H groups in total. The Morgan fingerprint density at radius 3 is 2.41 bits per heavy atom. The predicted molar refractivity (Wildman–Crippen MR) is 125 cm³/mol. The van der Waals surface area contributed by atoms with Crippen molar-refractivity contribution in [2.45, 2.75) is 22.6 Å². The first-order chi connectivity index (χ1) is 16.4. The van der Waals surface area contributed by atoms with E-state index in [0.29, 0.717) is 5.69 Å². The molecule has 7 rings (SSSR count). The fourth-order valence-electron chi connectivity index (χ4n) is 6.96. The molecule has 0 spiro atoms. The second-order valence-corrected chi connectivity index (χ2v) is 11.7. The van der Waals surface area contributed by atoms with E-state index in [0.717, 1.165) is 33.2 Å². The quantitative estimate of drug-likeness (QED) is 0.527. The highest BCUT2D eigenvalue weighted by Gasteiger charge is 2.69. The summed E-state index contributed by atoms with van der Waals surface area (Å²) < 4.78 is 13.5. The number of fused-ring (bicyclic) bond motifs is 9. The summed E-state index contributed by atoms with van der Waals surface area (Å²) >= 11 is 2.77. The highest BCUT2D eigenvalue weighted by atomic mass is 32.2. The maximum atomic E-state index is 13.6. The highest BCUT2D eigenvalue weighted by Crippen LogP contribution is 2.69. The first-order valence-corrected chi connectivity index (χ1v) is 12.9. The van der Waals surface area contributed by atoms with E-state index in [1.54, 1.807) is 23.9 Å². The van der Waals surface area contributed by atoms with Gasteiger partial charge >= 0.3 is 4.87 Å². The lowest BCUT2D eigenvalue weighted by Crippen LogP contribution is -2.42. The summed E-state index contributed by atoms with van der Waals surface area (Å²) in [6.45, 7) is 0. The van der Waals surface area contributed by atoms with Crippen LogP contribution in [-0.4, -0.2) is 27.2 Å². The topological polar surface area (TPSA) is 90.5 Å². The maximum absolute atomic E-state index is 13.6. The molecule has 6 nitrogen and oxygen atoms in total. The van der Waals surface area contributed by atoms with Gasteiger partial charge in [-0.1, -0.05) is 29.5 Å². The van der Waals surface area contributed by atoms with E-state index in [4.69, 9.17) is 0 Å². The van der Waals surface area contributed by atoms with E-state index in [1.807, 2.05) is 12.1 Å². The maximum Gasteiger partial charge on any atom is 0.305 e. The lowest BCUT2D eigenvalue weighted by atomic mass is 9.68. The van der Waals surface area contributed by atoms with E-state index in [9.17, 15) is 23.9 Å². The van der Waals surface area contributed by atoms with Crippen LogP contribution in [0.3, 0.4) is 0 Å². The fourth-order valence-corrected chi connectivity index (χ4v) is 9.84. The Morgan fingerprint density at radius 1 is 0.971 bits per heavy atom. The zero-order valence-corrected chi connectivity index (χ0v) is 19.3. The summed E-state index contributed by atoms with van der Waals surface area (Å²) in [4.78, 5) is 44.4. The van der Waals surface area contributed by atoms with Crippen LogP contribution in [0.2, 0.25) is 0 Å². The van der Waals surface area contributed by atoms with E-state index >= 15 is 0 Å². The number of benzene rings is 2. The molecule has 3 fully saturated rings. The molecule has 34 heavy (non-hydrogen) atoms. The van der Waals surface area contributed by atoms with Crippen LogP contribution in [0, 0.1) is 35.4 Å². The monoisotopic (exact) mass is 494 g/mol. The number of thioether (sulfide) groups is 1. The number of H-pyrrole nitrogens is 1. The van der Waals surface area contributed by atoms with Crippen LogP contribution in [0.15, 0.2) is 58.4 Å². The van der Waals surface area contributed by atoms with Crippen LogP contribution in [0.5, 0.6) is 5.75 Å². The van der Waals surface area contributed by atoms with Crippen molar-refractivity contribution in [1.29, 1.82) is 0 Å². The molecule has 7 atom stereocenters. The molecule has 2 aromatic carbocycles. The average Bonchev–Trinajstić information content (AvgIpc) is 3.54. The van der Waals surface area contributed by atoms with Crippen molar-refractivity contribution in [2.24, 2.45) is 29.6 Å². The third kappa shape index (κ3) is 2.59. The molecule has 0 radical (unpaired) electrons. The highest BCUT2D eigenvalue weighted by molar-refractivity contribution is 8.00. The molecule has 0 unspecified atom stereocenters. The first-order valence-electron chi connectivity index (χ1n) is 11.2. The molecular weight excluding hydrogens is 475 g/mol. The van der Waals surface area contributed by atoms with Crippen molar-refractivity contribution in [3.63, 3.8) is 0 Å². The summed E-state index contributed by atoms with van der Waals surface area (Å²) in [6, 6.07) is 12.6. The standard InChI is InChI=1S/C25H19FN2O4S2/c26-10-5-7-11(8-6-10)28-23(30)18-13-9-14(19(18)24(28)31)20-17(13)16(12-3-1-2-4-15(12)29)21-22(33-20)27-25(32)34-21/h1-8,13-14,16-20,29H,9H2,(H,27,32)/t13-,14+,16+,17+,18-,19-,20-/m0/s1. The molecule has 172 valence electrons. The Bertz CT molecular complexity index is 1420. The zero-order chi connectivity index (χ0) is 23.3. The van der Waals surface area contributed by atoms with Gasteiger partial charge in [-0.2, -0.15) is 0 Å². The fraction of sp³-hybridized carbons (Fsp3) is 0.320. The SMILES string of the molecule is O=C1[C@H]2[C@H]3C[C@@H]([C@@H]4Sc5[nH]c(=O)sc5[C@H](c5ccccc5O)[C@@H]34)[C@@H]2C(=O)N1c1ccc(F)cc1. The van der Waals surface area contributed by atoms with Crippen molar-refractivity contribution < 1.29 is 19.1 Å².